The molecule has 4 heterocycles. The Kier molecular flexibility index (Phi) is 4.85. The van der Waals surface area contributed by atoms with Crippen LogP contribution in [0.1, 0.15) is 21.7 Å². The first-order valence-corrected chi connectivity index (χ1v) is 9.34. The van der Waals surface area contributed by atoms with Crippen molar-refractivity contribution >= 4 is 29.0 Å². The molecule has 4 rings (SSSR count). The Morgan fingerprint density at radius 2 is 1.90 bits per heavy atom. The van der Waals surface area contributed by atoms with Crippen LogP contribution in [-0.2, 0) is 6.18 Å². The number of imidazole rings is 1. The summed E-state index contributed by atoms with van der Waals surface area (Å²) in [5.74, 6) is 0.457. The molecule has 0 N–H and O–H groups in total. The fourth-order valence-electron chi connectivity index (χ4n) is 3.46. The molecule has 3 aromatic rings. The van der Waals surface area contributed by atoms with E-state index in [2.05, 4.69) is 14.9 Å². The summed E-state index contributed by atoms with van der Waals surface area (Å²) in [4.78, 5) is 25.3. The molecule has 0 unspecified atom stereocenters. The molecule has 6 nitrogen and oxygen atoms in total. The van der Waals surface area contributed by atoms with Gasteiger partial charge in [-0.15, -0.1) is 0 Å². The van der Waals surface area contributed by atoms with Gasteiger partial charge in [0.25, 0.3) is 5.91 Å². The maximum absolute atomic E-state index is 13.2. The van der Waals surface area contributed by atoms with Crippen molar-refractivity contribution < 1.29 is 18.0 Å². The van der Waals surface area contributed by atoms with E-state index in [1.165, 1.54) is 0 Å². The second-order valence-electron chi connectivity index (χ2n) is 6.78. The number of amides is 1. The molecule has 0 saturated carbocycles. The highest BCUT2D eigenvalue weighted by atomic mass is 35.5. The summed E-state index contributed by atoms with van der Waals surface area (Å²) < 4.78 is 40.7. The molecule has 0 spiro atoms. The number of nitrogens with zero attached hydrogens (tertiary/aromatic N) is 5. The minimum atomic E-state index is -4.58. The number of rotatable bonds is 2. The van der Waals surface area contributed by atoms with E-state index in [1.807, 2.05) is 18.2 Å². The third-order valence-electron chi connectivity index (χ3n) is 4.92. The van der Waals surface area contributed by atoms with E-state index in [-0.39, 0.29) is 22.3 Å². The van der Waals surface area contributed by atoms with Gasteiger partial charge in [-0.05, 0) is 25.1 Å². The Hall–Kier alpha value is -2.81. The number of fused-ring (bicyclic) bond motifs is 1. The normalized spacial score (nSPS) is 15.2. The quantitative estimate of drug-likeness (QED) is 0.631. The van der Waals surface area contributed by atoms with Gasteiger partial charge in [-0.2, -0.15) is 13.2 Å². The lowest BCUT2D eigenvalue weighted by atomic mass is 10.2. The summed E-state index contributed by atoms with van der Waals surface area (Å²) in [5.41, 5.74) is -0.364. The number of hydrogen-bond donors (Lipinski definition) is 0. The van der Waals surface area contributed by atoms with Crippen molar-refractivity contribution in [1.82, 2.24) is 19.3 Å². The van der Waals surface area contributed by atoms with E-state index < -0.39 is 11.7 Å². The van der Waals surface area contributed by atoms with Gasteiger partial charge in [0, 0.05) is 38.6 Å². The molecule has 0 atom stereocenters. The van der Waals surface area contributed by atoms with Gasteiger partial charge in [-0.25, -0.2) is 9.97 Å². The molecule has 0 aromatic carbocycles. The van der Waals surface area contributed by atoms with Crippen molar-refractivity contribution in [2.75, 3.05) is 31.1 Å². The van der Waals surface area contributed by atoms with Crippen LogP contribution in [0.25, 0.3) is 5.65 Å². The van der Waals surface area contributed by atoms with Crippen molar-refractivity contribution in [3.63, 3.8) is 0 Å². The zero-order valence-electron chi connectivity index (χ0n) is 15.4. The van der Waals surface area contributed by atoms with Crippen molar-refractivity contribution in [3.8, 4) is 0 Å². The van der Waals surface area contributed by atoms with Crippen LogP contribution >= 0.6 is 11.6 Å². The van der Waals surface area contributed by atoms with Gasteiger partial charge in [0.05, 0.1) is 16.3 Å². The number of alkyl halides is 3. The molecule has 29 heavy (non-hydrogen) atoms. The van der Waals surface area contributed by atoms with Gasteiger partial charge < -0.3 is 9.80 Å². The Bertz CT molecular complexity index is 1060. The van der Waals surface area contributed by atoms with Crippen molar-refractivity contribution in [3.05, 3.63) is 58.6 Å². The molecule has 3 aromatic heterocycles. The first-order valence-electron chi connectivity index (χ1n) is 8.96. The van der Waals surface area contributed by atoms with Gasteiger partial charge in [-0.3, -0.25) is 9.20 Å². The molecule has 0 aliphatic carbocycles. The van der Waals surface area contributed by atoms with Crippen molar-refractivity contribution in [2.45, 2.75) is 13.1 Å². The molecule has 1 saturated heterocycles. The van der Waals surface area contributed by atoms with E-state index in [4.69, 9.17) is 11.6 Å². The molecule has 1 aliphatic heterocycles. The maximum atomic E-state index is 13.2. The minimum absolute atomic E-state index is 0.0966. The highest BCUT2D eigenvalue weighted by Crippen LogP contribution is 2.33. The third-order valence-corrected chi connectivity index (χ3v) is 5.20. The number of carbonyl (C=O) groups is 1. The van der Waals surface area contributed by atoms with Crippen LogP contribution in [0.3, 0.4) is 0 Å². The Morgan fingerprint density at radius 3 is 2.52 bits per heavy atom. The molecule has 0 radical (unpaired) electrons. The third kappa shape index (κ3) is 3.62. The monoisotopic (exact) mass is 423 g/mol. The van der Waals surface area contributed by atoms with Crippen LogP contribution in [0.15, 0.2) is 36.7 Å². The number of halogens is 4. The summed E-state index contributed by atoms with van der Waals surface area (Å²) in [6, 6.07) is 6.44. The first-order chi connectivity index (χ1) is 13.8. The number of aromatic nitrogens is 3. The Labute approximate surface area is 169 Å². The SMILES string of the molecule is Cc1nc2c(Cl)cc(C(F)(F)F)cn2c1C(=O)N1CCN(c2ccccn2)CC1. The van der Waals surface area contributed by atoms with E-state index >= 15 is 0 Å². The summed E-state index contributed by atoms with van der Waals surface area (Å²) in [6.07, 6.45) is -2.00. The number of carbonyl (C=O) groups excluding carboxylic acids is 1. The molecule has 1 amide bonds. The summed E-state index contributed by atoms with van der Waals surface area (Å²) >= 11 is 6.01. The van der Waals surface area contributed by atoms with Crippen molar-refractivity contribution in [1.29, 1.82) is 0 Å². The number of anilines is 1. The molecular formula is C19H17ClF3N5O. The van der Waals surface area contributed by atoms with E-state index in [0.717, 1.165) is 22.5 Å². The van der Waals surface area contributed by atoms with E-state index in [9.17, 15) is 18.0 Å². The highest BCUT2D eigenvalue weighted by Gasteiger charge is 2.33. The van der Waals surface area contributed by atoms with Gasteiger partial charge in [-0.1, -0.05) is 17.7 Å². The zero-order valence-corrected chi connectivity index (χ0v) is 16.2. The predicted octanol–water partition coefficient (Wildman–Crippen LogP) is 3.67. The second kappa shape index (κ2) is 7.22. The molecule has 1 fully saturated rings. The lowest BCUT2D eigenvalue weighted by Crippen LogP contribution is -2.49. The van der Waals surface area contributed by atoms with Crippen molar-refractivity contribution in [2.24, 2.45) is 0 Å². The van der Waals surface area contributed by atoms with Crippen LogP contribution in [0.5, 0.6) is 0 Å². The molecule has 10 heteroatoms. The smallest absolute Gasteiger partial charge is 0.353 e. The van der Waals surface area contributed by atoms with E-state index in [1.54, 1.807) is 18.0 Å². The van der Waals surface area contributed by atoms with Crippen LogP contribution in [0.4, 0.5) is 19.0 Å². The number of aryl methyl sites for hydroxylation is 1. The van der Waals surface area contributed by atoms with Crippen LogP contribution in [-0.4, -0.2) is 51.4 Å². The van der Waals surface area contributed by atoms with E-state index in [0.29, 0.717) is 31.9 Å². The van der Waals surface area contributed by atoms with Gasteiger partial charge in [0.15, 0.2) is 5.65 Å². The van der Waals surface area contributed by atoms with Gasteiger partial charge in [0.2, 0.25) is 0 Å². The Balaban J connectivity index is 1.62. The lowest BCUT2D eigenvalue weighted by Gasteiger charge is -2.35. The largest absolute Gasteiger partial charge is 0.417 e. The molecular weight excluding hydrogens is 407 g/mol. The van der Waals surface area contributed by atoms with Crippen LogP contribution in [0.2, 0.25) is 5.02 Å². The first kappa shape index (κ1) is 19.5. The number of pyridine rings is 2. The summed E-state index contributed by atoms with van der Waals surface area (Å²) in [6.45, 7) is 3.59. The zero-order chi connectivity index (χ0) is 20.8. The summed E-state index contributed by atoms with van der Waals surface area (Å²) in [5, 5.41) is -0.151. The van der Waals surface area contributed by atoms with Crippen LogP contribution < -0.4 is 4.90 Å². The maximum Gasteiger partial charge on any atom is 0.417 e. The average molecular weight is 424 g/mol. The predicted molar refractivity (Wildman–Crippen MR) is 102 cm³/mol. The average Bonchev–Trinajstić information content (AvgIpc) is 3.04. The number of piperazine rings is 1. The second-order valence-corrected chi connectivity index (χ2v) is 7.19. The number of hydrogen-bond acceptors (Lipinski definition) is 4. The molecule has 0 bridgehead atoms. The highest BCUT2D eigenvalue weighted by molar-refractivity contribution is 6.33. The molecule has 1 aliphatic rings. The lowest BCUT2D eigenvalue weighted by molar-refractivity contribution is -0.137. The summed E-state index contributed by atoms with van der Waals surface area (Å²) in [7, 11) is 0. The van der Waals surface area contributed by atoms with Gasteiger partial charge in [0.1, 0.15) is 11.5 Å². The fraction of sp³-hybridized carbons (Fsp3) is 0.316. The minimum Gasteiger partial charge on any atom is -0.353 e. The topological polar surface area (TPSA) is 53.7 Å². The molecule has 152 valence electrons. The van der Waals surface area contributed by atoms with Gasteiger partial charge >= 0.3 is 6.18 Å². The fourth-order valence-corrected chi connectivity index (χ4v) is 3.71. The Morgan fingerprint density at radius 1 is 1.17 bits per heavy atom. The standard InChI is InChI=1S/C19H17ClF3N5O/c1-12-16(28-11-13(19(21,22)23)10-14(20)17(28)25-12)18(29)27-8-6-26(7-9-27)15-4-2-3-5-24-15/h2-5,10-11H,6-9H2,1H3. The van der Waals surface area contributed by atoms with Crippen LogP contribution in [0, 0.1) is 6.92 Å².